The van der Waals surface area contributed by atoms with Crippen LogP contribution in [-0.2, 0) is 9.59 Å². The van der Waals surface area contributed by atoms with Crippen molar-refractivity contribution in [2.75, 3.05) is 0 Å². The minimum absolute atomic E-state index is 0.0694. The summed E-state index contributed by atoms with van der Waals surface area (Å²) in [6.07, 6.45) is 5.57. The molecule has 0 aliphatic heterocycles. The molecule has 1 unspecified atom stereocenters. The van der Waals surface area contributed by atoms with Crippen molar-refractivity contribution in [2.24, 2.45) is 28.6 Å². The predicted molar refractivity (Wildman–Crippen MR) is 105 cm³/mol. The Morgan fingerprint density at radius 1 is 1.14 bits per heavy atom. The van der Waals surface area contributed by atoms with Crippen LogP contribution in [0.3, 0.4) is 0 Å². The van der Waals surface area contributed by atoms with E-state index in [0.717, 1.165) is 30.8 Å². The van der Waals surface area contributed by atoms with Gasteiger partial charge in [0.2, 0.25) is 0 Å². The standard InChI is InChI=1S/C24H30O4/c1-13-4-6-19(28-13)16-11-14-10-15(25)8-9-23(14,2)22-18(26)12-24(3)17(21(16)22)5-7-20(24)27/h4,6,10,16-18,21-22,26H,5,7-9,11-12H2,1-3H3/t16-,17-,18+,21-,22?,23-,24-/m0/s1. The molecule has 3 saturated carbocycles. The Balaban J connectivity index is 1.68. The first-order chi connectivity index (χ1) is 13.2. The number of aryl methyl sites for hydroxylation is 1. The van der Waals surface area contributed by atoms with Crippen LogP contribution in [-0.4, -0.2) is 22.8 Å². The molecule has 4 nitrogen and oxygen atoms in total. The van der Waals surface area contributed by atoms with Gasteiger partial charge in [0.25, 0.3) is 0 Å². The molecule has 0 spiro atoms. The summed E-state index contributed by atoms with van der Waals surface area (Å²) in [4.78, 5) is 25.0. The summed E-state index contributed by atoms with van der Waals surface area (Å²) >= 11 is 0. The van der Waals surface area contributed by atoms with Gasteiger partial charge in [-0.3, -0.25) is 9.59 Å². The SMILES string of the molecule is Cc1ccc([C@@H]2CC3=CC(=O)CC[C@]3(C)C3[C@@H]2[C@@H]2CCC(=O)[C@@]2(C)C[C@H]3O)o1. The molecule has 1 aromatic heterocycles. The first-order valence-electron chi connectivity index (χ1n) is 10.8. The molecule has 28 heavy (non-hydrogen) atoms. The quantitative estimate of drug-likeness (QED) is 0.784. The summed E-state index contributed by atoms with van der Waals surface area (Å²) in [6.45, 7) is 6.28. The van der Waals surface area contributed by atoms with Crippen LogP contribution >= 0.6 is 0 Å². The van der Waals surface area contributed by atoms with Crippen LogP contribution in [0.15, 0.2) is 28.2 Å². The van der Waals surface area contributed by atoms with Crippen molar-refractivity contribution in [3.63, 3.8) is 0 Å². The maximum absolute atomic E-state index is 12.8. The summed E-state index contributed by atoms with van der Waals surface area (Å²) in [5, 5.41) is 11.4. The molecule has 0 amide bonds. The number of aliphatic hydroxyl groups excluding tert-OH is 1. The Hall–Kier alpha value is -1.68. The molecule has 1 heterocycles. The Morgan fingerprint density at radius 2 is 1.93 bits per heavy atom. The highest BCUT2D eigenvalue weighted by Crippen LogP contribution is 2.67. The summed E-state index contributed by atoms with van der Waals surface area (Å²) in [7, 11) is 0. The van der Waals surface area contributed by atoms with Crippen molar-refractivity contribution in [2.45, 2.75) is 71.3 Å². The fourth-order valence-electron chi connectivity index (χ4n) is 7.39. The molecule has 5 rings (SSSR count). The van der Waals surface area contributed by atoms with Gasteiger partial charge < -0.3 is 9.52 Å². The summed E-state index contributed by atoms with van der Waals surface area (Å²) in [5.74, 6) is 3.02. The van der Waals surface area contributed by atoms with Gasteiger partial charge in [0.15, 0.2) is 5.78 Å². The Bertz CT molecular complexity index is 879. The van der Waals surface area contributed by atoms with Crippen molar-refractivity contribution in [1.82, 2.24) is 0 Å². The zero-order valence-corrected chi connectivity index (χ0v) is 17.0. The molecule has 0 bridgehead atoms. The van der Waals surface area contributed by atoms with E-state index < -0.39 is 11.5 Å². The average Bonchev–Trinajstić information content (AvgIpc) is 3.18. The Labute approximate surface area is 166 Å². The zero-order chi connectivity index (χ0) is 19.8. The van der Waals surface area contributed by atoms with Crippen LogP contribution in [0, 0.1) is 35.5 Å². The lowest BCUT2D eigenvalue weighted by Gasteiger charge is -2.60. The Morgan fingerprint density at radius 3 is 2.64 bits per heavy atom. The van der Waals surface area contributed by atoms with Gasteiger partial charge in [-0.15, -0.1) is 0 Å². The van der Waals surface area contributed by atoms with Crippen molar-refractivity contribution >= 4 is 11.6 Å². The first-order valence-corrected chi connectivity index (χ1v) is 10.8. The van der Waals surface area contributed by atoms with Crippen LogP contribution in [0.5, 0.6) is 0 Å². The van der Waals surface area contributed by atoms with Crippen molar-refractivity contribution in [3.8, 4) is 0 Å². The number of hydrogen-bond acceptors (Lipinski definition) is 4. The van der Waals surface area contributed by atoms with E-state index in [2.05, 4.69) is 19.9 Å². The molecule has 1 N–H and O–H groups in total. The molecule has 7 atom stereocenters. The number of ketones is 2. The molecule has 4 aliphatic rings. The zero-order valence-electron chi connectivity index (χ0n) is 17.0. The number of furan rings is 1. The largest absolute Gasteiger partial charge is 0.466 e. The normalized spacial score (nSPS) is 45.3. The predicted octanol–water partition coefficient (Wildman–Crippen LogP) is 4.35. The maximum atomic E-state index is 12.8. The van der Waals surface area contributed by atoms with Crippen LogP contribution in [0.25, 0.3) is 0 Å². The number of carbonyl (C=O) groups is 2. The second kappa shape index (κ2) is 5.91. The van der Waals surface area contributed by atoms with Gasteiger partial charge in [-0.2, -0.15) is 0 Å². The van der Waals surface area contributed by atoms with Crippen LogP contribution in [0.1, 0.15) is 69.8 Å². The van der Waals surface area contributed by atoms with E-state index in [-0.39, 0.29) is 34.9 Å². The third-order valence-corrected chi connectivity index (χ3v) is 8.79. The van der Waals surface area contributed by atoms with Gasteiger partial charge in [0.05, 0.1) is 6.10 Å². The van der Waals surface area contributed by atoms with Crippen molar-refractivity contribution in [1.29, 1.82) is 0 Å². The maximum Gasteiger partial charge on any atom is 0.155 e. The van der Waals surface area contributed by atoms with E-state index in [4.69, 9.17) is 4.42 Å². The average molecular weight is 383 g/mol. The molecule has 0 radical (unpaired) electrons. The fraction of sp³-hybridized carbons (Fsp3) is 0.667. The third-order valence-electron chi connectivity index (χ3n) is 8.79. The fourth-order valence-corrected chi connectivity index (χ4v) is 7.39. The number of aliphatic hydroxyl groups is 1. The minimum Gasteiger partial charge on any atom is -0.466 e. The highest BCUT2D eigenvalue weighted by atomic mass is 16.3. The smallest absolute Gasteiger partial charge is 0.155 e. The molecule has 3 fully saturated rings. The van der Waals surface area contributed by atoms with E-state index in [1.807, 2.05) is 19.1 Å². The van der Waals surface area contributed by atoms with Crippen LogP contribution in [0.2, 0.25) is 0 Å². The molecular weight excluding hydrogens is 352 g/mol. The number of fused-ring (bicyclic) bond motifs is 5. The number of allylic oxidation sites excluding steroid dienone is 1. The van der Waals surface area contributed by atoms with Crippen molar-refractivity contribution in [3.05, 3.63) is 35.3 Å². The second-order valence-corrected chi connectivity index (χ2v) is 10.2. The van der Waals surface area contributed by atoms with E-state index >= 15 is 0 Å². The first kappa shape index (κ1) is 18.4. The highest BCUT2D eigenvalue weighted by molar-refractivity contribution is 5.92. The van der Waals surface area contributed by atoms with E-state index in [0.29, 0.717) is 25.0 Å². The van der Waals surface area contributed by atoms with Gasteiger partial charge >= 0.3 is 0 Å². The molecule has 0 saturated heterocycles. The van der Waals surface area contributed by atoms with Crippen LogP contribution in [0.4, 0.5) is 0 Å². The molecule has 150 valence electrons. The topological polar surface area (TPSA) is 67.5 Å². The van der Waals surface area contributed by atoms with E-state index in [9.17, 15) is 14.7 Å². The molecule has 1 aromatic rings. The lowest BCUT2D eigenvalue weighted by atomic mass is 9.44. The number of rotatable bonds is 1. The number of carbonyl (C=O) groups excluding carboxylic acids is 2. The lowest BCUT2D eigenvalue weighted by molar-refractivity contribution is -0.150. The summed E-state index contributed by atoms with van der Waals surface area (Å²) in [6, 6.07) is 4.05. The second-order valence-electron chi connectivity index (χ2n) is 10.2. The third kappa shape index (κ3) is 2.33. The van der Waals surface area contributed by atoms with Gasteiger partial charge in [-0.05, 0) is 74.0 Å². The molecule has 4 heteroatoms. The van der Waals surface area contributed by atoms with Gasteiger partial charge in [-0.1, -0.05) is 19.4 Å². The number of hydrogen-bond donors (Lipinski definition) is 1. The van der Waals surface area contributed by atoms with Crippen molar-refractivity contribution < 1.29 is 19.1 Å². The van der Waals surface area contributed by atoms with Gasteiger partial charge in [0, 0.05) is 24.2 Å². The van der Waals surface area contributed by atoms with E-state index in [1.165, 1.54) is 5.57 Å². The minimum atomic E-state index is -0.520. The summed E-state index contributed by atoms with van der Waals surface area (Å²) in [5.41, 5.74) is 0.585. The summed E-state index contributed by atoms with van der Waals surface area (Å²) < 4.78 is 6.08. The van der Waals surface area contributed by atoms with Gasteiger partial charge in [-0.25, -0.2) is 0 Å². The van der Waals surface area contributed by atoms with Crippen LogP contribution < -0.4 is 0 Å². The Kier molecular flexibility index (Phi) is 3.88. The molecule has 4 aliphatic carbocycles. The monoisotopic (exact) mass is 382 g/mol. The van der Waals surface area contributed by atoms with E-state index in [1.54, 1.807) is 0 Å². The molecule has 0 aromatic carbocycles. The number of Topliss-reactive ketones (excluding diaryl/α,β-unsaturated/α-hetero) is 1. The van der Waals surface area contributed by atoms with Gasteiger partial charge in [0.1, 0.15) is 17.3 Å². The highest BCUT2D eigenvalue weighted by Gasteiger charge is 2.64. The molecular formula is C24H30O4. The lowest BCUT2D eigenvalue weighted by Crippen LogP contribution is -2.58.